The molecule has 0 saturated carbocycles. The van der Waals surface area contributed by atoms with Gasteiger partial charge >= 0.3 is 130 Å². The quantitative estimate of drug-likeness (QED) is 0.0571. The van der Waals surface area contributed by atoms with E-state index < -0.39 is 71.4 Å². The van der Waals surface area contributed by atoms with Crippen LogP contribution in [0.25, 0.3) is 0 Å². The van der Waals surface area contributed by atoms with Gasteiger partial charge in [-0.25, -0.2) is 33.7 Å². The maximum absolute atomic E-state index is 9.40. The summed E-state index contributed by atoms with van der Waals surface area (Å²) < 4.78 is 138. The smallest absolute Gasteiger partial charge is 1.00 e. The Bertz CT molecular complexity index is 750. The third-order valence-corrected chi connectivity index (χ3v) is 0. The monoisotopic (exact) mass is 848 g/mol. The van der Waals surface area contributed by atoms with E-state index in [1.807, 2.05) is 0 Å². The summed E-state index contributed by atoms with van der Waals surface area (Å²) in [6.45, 7) is 0. The second-order valence-corrected chi connectivity index (χ2v) is 13.5. The molecule has 216 valence electrons. The molecule has 0 aliphatic heterocycles. The van der Waals surface area contributed by atoms with Crippen LogP contribution >= 0.6 is 55.1 Å². The van der Waals surface area contributed by atoms with Crippen molar-refractivity contribution in [3.63, 3.8) is 0 Å². The number of hydrogen-bond donors (Lipinski definition) is 2. The zero-order chi connectivity index (χ0) is 26.9. The Morgan fingerprint density at radius 3 is 0.838 bits per heavy atom. The van der Waals surface area contributed by atoms with E-state index in [-0.39, 0.29) is 149 Å². The minimum atomic E-state index is -4.92. The van der Waals surface area contributed by atoms with Crippen LogP contribution in [0.2, 0.25) is 0 Å². The topological polar surface area (TPSA) is 323 Å². The summed E-state index contributed by atoms with van der Waals surface area (Å²) in [6, 6.07) is 0. The number of hydrogen-bond acceptors (Lipinski definition) is 15. The van der Waals surface area contributed by atoms with Crippen LogP contribution in [0.5, 0.6) is 0 Å². The van der Waals surface area contributed by atoms with Crippen molar-refractivity contribution in [2.24, 2.45) is 0 Å². The number of rotatable bonds is 0. The fourth-order valence-electron chi connectivity index (χ4n) is 0. The summed E-state index contributed by atoms with van der Waals surface area (Å²) >= 11 is -2.36. The maximum Gasteiger partial charge on any atom is 1.00 e. The van der Waals surface area contributed by atoms with Crippen molar-refractivity contribution < 1.29 is 205 Å². The van der Waals surface area contributed by atoms with Gasteiger partial charge in [0.05, 0.1) is 12.5 Å². The molecule has 1 unspecified atom stereocenters. The van der Waals surface area contributed by atoms with Gasteiger partial charge in [-0.15, -0.1) is 12.4 Å². The van der Waals surface area contributed by atoms with Gasteiger partial charge in [0, 0.05) is 49.0 Å². The Balaban J connectivity index is -0.0000000135. The van der Waals surface area contributed by atoms with Crippen molar-refractivity contribution >= 4 is 127 Å². The van der Waals surface area contributed by atoms with Crippen molar-refractivity contribution in [2.45, 2.75) is 0 Å². The van der Waals surface area contributed by atoms with Crippen molar-refractivity contribution in [2.75, 3.05) is 18.8 Å². The largest absolute Gasteiger partial charge is 1.00 e. The van der Waals surface area contributed by atoms with Gasteiger partial charge in [-0.1, -0.05) is 0 Å². The molecule has 0 fully saturated rings. The molecule has 0 aliphatic carbocycles. The van der Waals surface area contributed by atoms with Crippen LogP contribution in [0, 0.1) is 0 Å². The molecule has 0 aromatic carbocycles. The molecular formula is C3H14Cl6Na4O17S7. The van der Waals surface area contributed by atoms with E-state index in [4.69, 9.17) is 51.9 Å². The molecular weight excluding hydrogens is 837 g/mol. The van der Waals surface area contributed by atoms with Crippen molar-refractivity contribution in [3.05, 3.63) is 0 Å². The summed E-state index contributed by atoms with van der Waals surface area (Å²) in [6.07, 6.45) is 3.04. The maximum atomic E-state index is 9.40. The molecule has 0 heterocycles. The van der Waals surface area contributed by atoms with Crippen LogP contribution in [0.1, 0.15) is 0 Å². The normalized spacial score (nSPS) is 8.57. The third-order valence-electron chi connectivity index (χ3n) is 0. The third kappa shape index (κ3) is 2170. The summed E-state index contributed by atoms with van der Waals surface area (Å²) in [5.74, 6) is 0. The zero-order valence-electron chi connectivity index (χ0n) is 19.3. The molecule has 0 aromatic heterocycles. The van der Waals surface area contributed by atoms with E-state index in [0.717, 1.165) is 12.5 Å². The standard InChI is InChI=1S/2CH3ClO2S.CH4O2S.Cl2OS.2ClH.4Na.H2O4S.O3S.O2S.H2O/c2*1-5(2,3)4;2*1-4(2)3;;;;;;;1-5(2,3)4;1-4(2)3;1-3-2;/h2*1H3;1H3,(H,2,3);;2*1H;;;;;(H2,1,2,3,4);;;1H2/q;;;;;;4*+1;;-2;;/p-2. The molecule has 1 atom stereocenters. The van der Waals surface area contributed by atoms with Crippen molar-refractivity contribution in [3.8, 4) is 0 Å². The molecule has 0 bridgehead atoms. The van der Waals surface area contributed by atoms with Gasteiger partial charge < -0.3 is 40.0 Å². The van der Waals surface area contributed by atoms with E-state index in [1.54, 1.807) is 0 Å². The van der Waals surface area contributed by atoms with Crippen LogP contribution in [-0.2, 0) is 79.8 Å². The summed E-state index contributed by atoms with van der Waals surface area (Å²) in [7, 11) is 1.95. The van der Waals surface area contributed by atoms with E-state index in [0.29, 0.717) is 0 Å². The molecule has 37 heavy (non-hydrogen) atoms. The average Bonchev–Trinajstić information content (AvgIpc) is 2.17. The first kappa shape index (κ1) is 90.1. The van der Waals surface area contributed by atoms with Gasteiger partial charge in [0.1, 0.15) is 11.1 Å². The first-order valence-corrected chi connectivity index (χ1v) is 17.3. The predicted octanol–water partition coefficient (Wildman–Crippen LogP) is -16.4. The van der Waals surface area contributed by atoms with Crippen LogP contribution in [0.4, 0.5) is 0 Å². The predicted molar refractivity (Wildman–Crippen MR) is 120 cm³/mol. The van der Waals surface area contributed by atoms with Gasteiger partial charge in [0.25, 0.3) is 0 Å². The Morgan fingerprint density at radius 1 is 0.838 bits per heavy atom. The van der Waals surface area contributed by atoms with Crippen molar-refractivity contribution in [1.29, 1.82) is 0 Å². The molecule has 0 radical (unpaired) electrons. The van der Waals surface area contributed by atoms with Crippen LogP contribution in [0.15, 0.2) is 0 Å². The molecule has 0 aliphatic rings. The molecule has 0 amide bonds. The van der Waals surface area contributed by atoms with E-state index in [1.165, 1.54) is 6.26 Å². The van der Waals surface area contributed by atoms with Crippen LogP contribution < -0.4 is 131 Å². The minimum Gasteiger partial charge on any atom is -1.00 e. The SMILES string of the molecule is CS(=O)(=O)Cl.CS(=O)(=O)Cl.CS(=O)O.Cl.O.O=S(=O)([O-])O.O=S(Cl)Cl.O=S=O.O=[S-](=O)[O-].[Cl-].[Na+].[Na+].[Na+].[Na+]. The second kappa shape index (κ2) is 60.6. The first-order chi connectivity index (χ1) is 12.6. The Morgan fingerprint density at radius 2 is 0.838 bits per heavy atom. The average molecular weight is 851 g/mol. The Kier molecular flexibility index (Phi) is 148. The van der Waals surface area contributed by atoms with E-state index in [2.05, 4.69) is 42.7 Å². The van der Waals surface area contributed by atoms with Gasteiger partial charge in [-0.05, 0) is 0 Å². The van der Waals surface area contributed by atoms with Gasteiger partial charge in [0.15, 0.2) is 0 Å². The van der Waals surface area contributed by atoms with E-state index >= 15 is 0 Å². The fraction of sp³-hybridized carbons (Fsp3) is 1.00. The molecule has 34 heteroatoms. The summed E-state index contributed by atoms with van der Waals surface area (Å²) in [4.78, 5) is 0. The minimum absolute atomic E-state index is 0. The molecule has 4 N–H and O–H groups in total. The molecule has 0 aromatic rings. The first-order valence-electron chi connectivity index (χ1n) is 4.54. The number of halogens is 6. The second-order valence-electron chi connectivity index (χ2n) is 2.67. The van der Waals surface area contributed by atoms with Gasteiger partial charge in [-0.2, -0.15) is 19.4 Å². The van der Waals surface area contributed by atoms with Gasteiger partial charge in [0.2, 0.25) is 37.7 Å². The Labute approximate surface area is 343 Å². The Hall–Kier alpha value is 5.46. The van der Waals surface area contributed by atoms with Gasteiger partial charge in [-0.3, -0.25) is 4.55 Å². The molecule has 0 saturated heterocycles. The zero-order valence-corrected chi connectivity index (χ0v) is 37.6. The van der Waals surface area contributed by atoms with Crippen LogP contribution in [0.3, 0.4) is 0 Å². The fourth-order valence-corrected chi connectivity index (χ4v) is 0. The molecule has 17 nitrogen and oxygen atoms in total. The van der Waals surface area contributed by atoms with Crippen LogP contribution in [-0.4, -0.2) is 84.5 Å². The summed E-state index contributed by atoms with van der Waals surface area (Å²) in [5, 5.41) is 0. The molecule has 0 spiro atoms. The van der Waals surface area contributed by atoms with E-state index in [9.17, 15) is 16.8 Å². The summed E-state index contributed by atoms with van der Waals surface area (Å²) in [5.41, 5.74) is 0. The van der Waals surface area contributed by atoms with Crippen molar-refractivity contribution in [1.82, 2.24) is 0 Å². The molecule has 0 rings (SSSR count).